The number of aromatic nitrogens is 7. The van der Waals surface area contributed by atoms with Gasteiger partial charge >= 0.3 is 0 Å². The second-order valence-corrected chi connectivity index (χ2v) is 15.6. The van der Waals surface area contributed by atoms with Gasteiger partial charge in [-0.3, -0.25) is 69.8 Å². The maximum atomic E-state index is 4.48. The van der Waals surface area contributed by atoms with Crippen molar-refractivity contribution in [2.45, 2.75) is 51.7 Å². The average Bonchev–Trinajstić information content (AvgIpc) is 4.30. The normalized spacial score (nSPS) is 12.1. The third-order valence-corrected chi connectivity index (χ3v) is 9.04. The summed E-state index contributed by atoms with van der Waals surface area (Å²) in [6, 6.07) is 51.7. The quantitative estimate of drug-likeness (QED) is 0.116. The van der Waals surface area contributed by atoms with Gasteiger partial charge in [0.05, 0.1) is 51.9 Å². The van der Waals surface area contributed by atoms with E-state index in [0.717, 1.165) is 39.9 Å². The van der Waals surface area contributed by atoms with Gasteiger partial charge < -0.3 is 0 Å². The summed E-state index contributed by atoms with van der Waals surface area (Å²) in [6.07, 6.45) is 27.2. The molecule has 0 amide bonds. The highest BCUT2D eigenvalue weighted by Gasteiger charge is 2.18. The molecule has 74 heavy (non-hydrogen) atoms. The Morgan fingerprint density at radius 1 is 0.338 bits per heavy atom. The molecule has 8 aromatic rings. The molecule has 0 spiro atoms. The van der Waals surface area contributed by atoms with E-state index in [9.17, 15) is 0 Å². The molecule has 9 rings (SSSR count). The number of nitrogens with zero attached hydrogens (tertiary/aromatic N) is 14. The van der Waals surface area contributed by atoms with Crippen molar-refractivity contribution >= 4 is 43.5 Å². The summed E-state index contributed by atoms with van der Waals surface area (Å²) in [4.78, 5) is 56.8. The van der Waals surface area contributed by atoms with Gasteiger partial charge in [0.25, 0.3) is 0 Å². The van der Waals surface area contributed by atoms with Gasteiger partial charge in [-0.2, -0.15) is 0 Å². The minimum absolute atomic E-state index is 0.170. The van der Waals surface area contributed by atoms with Crippen LogP contribution < -0.4 is 0 Å². The van der Waals surface area contributed by atoms with E-state index < -0.39 is 0 Å². The third kappa shape index (κ3) is 30.5. The first kappa shape index (κ1) is 59.3. The monoisotopic (exact) mass is 985 g/mol. The first-order valence-corrected chi connectivity index (χ1v) is 24.0. The lowest BCUT2D eigenvalue weighted by molar-refractivity contribution is 0.824. The molecule has 0 radical (unpaired) electrons. The summed E-state index contributed by atoms with van der Waals surface area (Å²) in [7, 11) is 6.92. The summed E-state index contributed by atoms with van der Waals surface area (Å²) in [5, 5.41) is 0. The lowest BCUT2D eigenvalue weighted by Gasteiger charge is -2.05. The van der Waals surface area contributed by atoms with Crippen molar-refractivity contribution in [1.29, 1.82) is 0 Å². The summed E-state index contributed by atoms with van der Waals surface area (Å²) >= 11 is 0. The molecule has 1 saturated carbocycles. The highest BCUT2D eigenvalue weighted by Crippen LogP contribution is 2.23. The van der Waals surface area contributed by atoms with Crippen LogP contribution in [0.2, 0.25) is 0 Å². The molecule has 0 saturated heterocycles. The Morgan fingerprint density at radius 2 is 0.608 bits per heavy atom. The fraction of sp³-hybridized carbons (Fsp3) is 0.200. The van der Waals surface area contributed by atoms with E-state index in [-0.39, 0.29) is 6.04 Å². The Hall–Kier alpha value is -9.04. The second kappa shape index (κ2) is 39.7. The number of aliphatic imine (C=N–C) groups is 7. The van der Waals surface area contributed by atoms with Crippen LogP contribution in [0, 0.1) is 0 Å². The van der Waals surface area contributed by atoms with Crippen molar-refractivity contribution in [2.24, 2.45) is 34.9 Å². The summed E-state index contributed by atoms with van der Waals surface area (Å²) in [6.45, 7) is 6.16. The van der Waals surface area contributed by atoms with Gasteiger partial charge in [-0.1, -0.05) is 72.8 Å². The summed E-state index contributed by atoms with van der Waals surface area (Å²) < 4.78 is 0. The summed E-state index contributed by atoms with van der Waals surface area (Å²) in [5.41, 5.74) is 7.60. The molecule has 1 aromatic carbocycles. The van der Waals surface area contributed by atoms with Crippen LogP contribution in [0.15, 0.2) is 236 Å². The SMILES string of the molecule is C(=NC1CC1)c1ccccn1.CC(C)N=Cc1ccccn1.CC(N=Cc1ccccn1)c1ccccc1.CN=Cc1ccccn1.CN=Cc1ccccn1.CN=Cc1ccccn1.CN=Cc1ccccn1. The van der Waals surface area contributed by atoms with Gasteiger partial charge in [-0.05, 0) is 124 Å². The highest BCUT2D eigenvalue weighted by atomic mass is 14.8. The van der Waals surface area contributed by atoms with Gasteiger partial charge in [-0.15, -0.1) is 0 Å². The minimum atomic E-state index is 0.170. The molecule has 7 aromatic heterocycles. The minimum Gasteiger partial charge on any atom is -0.294 e. The lowest BCUT2D eigenvalue weighted by atomic mass is 10.1. The van der Waals surface area contributed by atoms with E-state index in [0.29, 0.717) is 12.1 Å². The molecule has 1 aliphatic rings. The maximum absolute atomic E-state index is 4.48. The van der Waals surface area contributed by atoms with Crippen molar-refractivity contribution in [3.63, 3.8) is 0 Å². The number of hydrogen-bond acceptors (Lipinski definition) is 14. The second-order valence-electron chi connectivity index (χ2n) is 15.6. The zero-order valence-electron chi connectivity index (χ0n) is 43.5. The van der Waals surface area contributed by atoms with Crippen LogP contribution in [0.4, 0.5) is 0 Å². The fourth-order valence-corrected chi connectivity index (χ4v) is 5.33. The number of benzene rings is 1. The predicted octanol–water partition coefficient (Wildman–Crippen LogP) is 11.4. The van der Waals surface area contributed by atoms with Crippen LogP contribution in [-0.4, -0.2) is 119 Å². The van der Waals surface area contributed by atoms with Crippen molar-refractivity contribution < 1.29 is 0 Å². The lowest BCUT2D eigenvalue weighted by Crippen LogP contribution is -1.91. The van der Waals surface area contributed by atoms with Crippen molar-refractivity contribution in [3.05, 3.63) is 247 Å². The maximum Gasteiger partial charge on any atom is 0.0808 e. The van der Waals surface area contributed by atoms with Crippen LogP contribution in [0.1, 0.15) is 85.1 Å². The van der Waals surface area contributed by atoms with Crippen molar-refractivity contribution in [1.82, 2.24) is 34.9 Å². The van der Waals surface area contributed by atoms with Gasteiger partial charge in [0.1, 0.15) is 0 Å². The van der Waals surface area contributed by atoms with Crippen molar-refractivity contribution in [2.75, 3.05) is 28.2 Å². The molecular weight excluding hydrogens is 917 g/mol. The fourth-order valence-electron chi connectivity index (χ4n) is 5.33. The van der Waals surface area contributed by atoms with Gasteiger partial charge in [0.2, 0.25) is 0 Å². The van der Waals surface area contributed by atoms with Crippen LogP contribution in [-0.2, 0) is 0 Å². The standard InChI is InChI=1S/C14H14N2.C9H10N2.C9H12N2.4C7H8N2/c1-12(13-7-3-2-4-8-13)16-11-14-9-5-6-10-15-14;1-2-6-10-9(3-1)7-11-8-4-5-8;1-8(2)11-7-9-5-3-4-6-10-9;4*1-8-6-7-4-2-3-5-9-7/h2-12H,1H3;1-3,6-8H,4-5H2;3-8H,1-2H3;4*2-6H,1H3. The zero-order valence-corrected chi connectivity index (χ0v) is 43.5. The molecule has 14 heteroatoms. The van der Waals surface area contributed by atoms with Crippen LogP contribution >= 0.6 is 0 Å². The highest BCUT2D eigenvalue weighted by molar-refractivity contribution is 5.79. The average molecular weight is 985 g/mol. The predicted molar refractivity (Wildman–Crippen MR) is 310 cm³/mol. The van der Waals surface area contributed by atoms with E-state index in [4.69, 9.17) is 0 Å². The Bertz CT molecular complexity index is 2540. The van der Waals surface area contributed by atoms with Gasteiger partial charge in [-0.25, -0.2) is 0 Å². The third-order valence-electron chi connectivity index (χ3n) is 9.04. The Kier molecular flexibility index (Phi) is 31.8. The van der Waals surface area contributed by atoms with Crippen LogP contribution in [0.25, 0.3) is 0 Å². The van der Waals surface area contributed by atoms with E-state index in [1.807, 2.05) is 172 Å². The molecule has 0 N–H and O–H groups in total. The molecule has 378 valence electrons. The number of hydrogen-bond donors (Lipinski definition) is 0. The molecular formula is C60H68N14. The van der Waals surface area contributed by atoms with E-state index in [1.165, 1.54) is 18.4 Å². The van der Waals surface area contributed by atoms with Crippen LogP contribution in [0.5, 0.6) is 0 Å². The topological polar surface area (TPSA) is 177 Å². The van der Waals surface area contributed by atoms with E-state index in [2.05, 4.69) is 88.9 Å². The largest absolute Gasteiger partial charge is 0.294 e. The summed E-state index contributed by atoms with van der Waals surface area (Å²) in [5.74, 6) is 0. The molecule has 1 atom stereocenters. The molecule has 7 heterocycles. The molecule has 1 fully saturated rings. The zero-order chi connectivity index (χ0) is 52.9. The number of pyridine rings is 7. The molecule has 1 unspecified atom stereocenters. The first-order chi connectivity index (χ1) is 36.3. The molecule has 14 nitrogen and oxygen atoms in total. The van der Waals surface area contributed by atoms with Gasteiger partial charge in [0, 0.05) is 121 Å². The Balaban J connectivity index is 0.000000230. The van der Waals surface area contributed by atoms with E-state index in [1.54, 1.807) is 103 Å². The Labute approximate surface area is 438 Å². The van der Waals surface area contributed by atoms with Gasteiger partial charge in [0.15, 0.2) is 0 Å². The number of rotatable bonds is 11. The van der Waals surface area contributed by atoms with E-state index >= 15 is 0 Å². The first-order valence-electron chi connectivity index (χ1n) is 24.0. The molecule has 0 bridgehead atoms. The van der Waals surface area contributed by atoms with Crippen LogP contribution in [0.3, 0.4) is 0 Å². The Morgan fingerprint density at radius 3 is 0.865 bits per heavy atom. The van der Waals surface area contributed by atoms with Crippen molar-refractivity contribution in [3.8, 4) is 0 Å². The molecule has 1 aliphatic carbocycles. The molecule has 0 aliphatic heterocycles. The smallest absolute Gasteiger partial charge is 0.0808 e.